The summed E-state index contributed by atoms with van der Waals surface area (Å²) >= 11 is 0. The Morgan fingerprint density at radius 3 is 1.68 bits per heavy atom. The first-order valence-corrected chi connectivity index (χ1v) is 20.7. The lowest BCUT2D eigenvalue weighted by molar-refractivity contribution is 1.26. The second-order valence-electron chi connectivity index (χ2n) is 16.5. The van der Waals surface area contributed by atoms with Crippen LogP contribution in [0, 0.1) is 13.8 Å². The summed E-state index contributed by atoms with van der Waals surface area (Å²) in [5, 5.41) is 10.4. The number of benzene rings is 10. The van der Waals surface area contributed by atoms with Crippen LogP contribution in [0.15, 0.2) is 188 Å². The predicted octanol–water partition coefficient (Wildman–Crippen LogP) is 13.6. The van der Waals surface area contributed by atoms with Gasteiger partial charge in [-0.05, 0) is 132 Å². The Morgan fingerprint density at radius 2 is 0.983 bits per heavy atom. The zero-order valence-corrected chi connectivity index (χ0v) is 32.9. The van der Waals surface area contributed by atoms with Crippen molar-refractivity contribution in [3.8, 4) is 33.4 Å². The molecule has 2 aliphatic rings. The lowest BCUT2D eigenvalue weighted by Gasteiger charge is -2.41. The summed E-state index contributed by atoms with van der Waals surface area (Å²) in [7, 11) is 0. The van der Waals surface area contributed by atoms with Gasteiger partial charge in [0, 0.05) is 44.4 Å². The van der Waals surface area contributed by atoms with Crippen molar-refractivity contribution in [3.05, 3.63) is 199 Å². The SMILES string of the molecule is Cc1c2ccccc2c(C)c2cc3c(cc12)B1c2c(cc4ccccc4c2-c2cccc4c5ccccc5n1c24)N3c1cc(-c2ccccc2)cc(-c2ccccc2)c1. The van der Waals surface area contributed by atoms with E-state index >= 15 is 0 Å². The van der Waals surface area contributed by atoms with E-state index < -0.39 is 0 Å². The molecule has 1 aromatic heterocycles. The normalized spacial score (nSPS) is 12.8. The first kappa shape index (κ1) is 32.7. The number of rotatable bonds is 3. The first-order chi connectivity index (χ1) is 29.1. The van der Waals surface area contributed by atoms with Crippen LogP contribution >= 0.6 is 0 Å². The van der Waals surface area contributed by atoms with Gasteiger partial charge >= 0.3 is 6.85 Å². The van der Waals surface area contributed by atoms with E-state index in [4.69, 9.17) is 0 Å². The third-order valence-corrected chi connectivity index (χ3v) is 13.5. The van der Waals surface area contributed by atoms with Gasteiger partial charge in [-0.25, -0.2) is 0 Å². The van der Waals surface area contributed by atoms with Crippen LogP contribution < -0.4 is 15.8 Å². The average Bonchev–Trinajstić information content (AvgIpc) is 3.64. The Bertz CT molecular complexity index is 3520. The topological polar surface area (TPSA) is 8.17 Å². The van der Waals surface area contributed by atoms with Crippen LogP contribution in [-0.2, 0) is 0 Å². The molecule has 11 aromatic rings. The van der Waals surface area contributed by atoms with Gasteiger partial charge < -0.3 is 9.38 Å². The predicted molar refractivity (Wildman–Crippen MR) is 253 cm³/mol. The maximum Gasteiger partial charge on any atom is 0.333 e. The van der Waals surface area contributed by atoms with E-state index in [1.54, 1.807) is 0 Å². The minimum atomic E-state index is -0.0466. The van der Waals surface area contributed by atoms with E-state index in [0.29, 0.717) is 0 Å². The Kier molecular flexibility index (Phi) is 6.70. The highest BCUT2D eigenvalue weighted by atomic mass is 15.2. The van der Waals surface area contributed by atoms with Gasteiger partial charge in [-0.1, -0.05) is 152 Å². The van der Waals surface area contributed by atoms with Gasteiger partial charge in [0.15, 0.2) is 0 Å². The largest absolute Gasteiger partial charge is 0.375 e. The van der Waals surface area contributed by atoms with Crippen molar-refractivity contribution in [1.29, 1.82) is 0 Å². The van der Waals surface area contributed by atoms with Crippen LogP contribution in [0.4, 0.5) is 17.1 Å². The fraction of sp³-hybridized carbons (Fsp3) is 0.0357. The van der Waals surface area contributed by atoms with Crippen LogP contribution in [-0.4, -0.2) is 11.3 Å². The molecule has 0 saturated heterocycles. The van der Waals surface area contributed by atoms with E-state index in [0.717, 1.165) is 5.69 Å². The van der Waals surface area contributed by atoms with Gasteiger partial charge in [-0.3, -0.25) is 0 Å². The third-order valence-electron chi connectivity index (χ3n) is 13.5. The standard InChI is InChI=1S/C56H37BN2/c1-34-42-21-11-12-22-43(42)35(2)49-33-52-50(32-48(34)49)57-55-53(58(52)41-29-39(36-16-5-3-6-17-36)28-40(30-41)37-18-7-4-8-19-37)31-38-20-9-10-23-44(38)54(55)47-26-15-25-46-45-24-13-14-27-51(45)59(57)56(46)47/h3-33H,1-2H3. The zero-order valence-electron chi connectivity index (χ0n) is 32.9. The highest BCUT2D eigenvalue weighted by Crippen LogP contribution is 2.49. The highest BCUT2D eigenvalue weighted by molar-refractivity contribution is 6.90. The molecular weight excluding hydrogens is 711 g/mol. The minimum absolute atomic E-state index is 0.0466. The van der Waals surface area contributed by atoms with E-state index in [1.165, 1.54) is 121 Å². The van der Waals surface area contributed by atoms with Crippen LogP contribution in [0.5, 0.6) is 0 Å². The van der Waals surface area contributed by atoms with Crippen molar-refractivity contribution in [2.75, 3.05) is 4.90 Å². The summed E-state index contributed by atoms with van der Waals surface area (Å²) in [5.74, 6) is 0. The first-order valence-electron chi connectivity index (χ1n) is 20.7. The summed E-state index contributed by atoms with van der Waals surface area (Å²) in [4.78, 5) is 2.61. The maximum atomic E-state index is 2.68. The van der Waals surface area contributed by atoms with Crippen molar-refractivity contribution in [2.45, 2.75) is 13.8 Å². The molecule has 3 heteroatoms. The van der Waals surface area contributed by atoms with Crippen molar-refractivity contribution >= 4 is 89.0 Å². The van der Waals surface area contributed by atoms with Crippen molar-refractivity contribution in [1.82, 2.24) is 4.48 Å². The van der Waals surface area contributed by atoms with Gasteiger partial charge in [0.25, 0.3) is 0 Å². The minimum Gasteiger partial charge on any atom is -0.375 e. The van der Waals surface area contributed by atoms with E-state index in [9.17, 15) is 0 Å². The number of aryl methyl sites for hydroxylation is 2. The van der Waals surface area contributed by atoms with Crippen LogP contribution in [0.2, 0.25) is 0 Å². The molecule has 0 bridgehead atoms. The molecule has 0 aliphatic carbocycles. The molecule has 3 heterocycles. The molecule has 0 atom stereocenters. The molecule has 10 aromatic carbocycles. The molecule has 59 heavy (non-hydrogen) atoms. The number of para-hydroxylation sites is 2. The van der Waals surface area contributed by atoms with E-state index in [1.807, 2.05) is 0 Å². The molecule has 274 valence electrons. The molecule has 13 rings (SSSR count). The van der Waals surface area contributed by atoms with Crippen molar-refractivity contribution in [3.63, 3.8) is 0 Å². The fourth-order valence-electron chi connectivity index (χ4n) is 10.9. The molecule has 2 nitrogen and oxygen atoms in total. The number of fused-ring (bicyclic) bond motifs is 11. The number of hydrogen-bond acceptors (Lipinski definition) is 1. The Morgan fingerprint density at radius 1 is 0.407 bits per heavy atom. The van der Waals surface area contributed by atoms with E-state index in [2.05, 4.69) is 211 Å². The van der Waals surface area contributed by atoms with Crippen LogP contribution in [0.25, 0.3) is 87.5 Å². The summed E-state index contributed by atoms with van der Waals surface area (Å²) in [5.41, 5.74) is 19.0. The van der Waals surface area contributed by atoms with Crippen molar-refractivity contribution in [2.24, 2.45) is 0 Å². The van der Waals surface area contributed by atoms with Crippen LogP contribution in [0.1, 0.15) is 11.1 Å². The summed E-state index contributed by atoms with van der Waals surface area (Å²) < 4.78 is 2.68. The lowest BCUT2D eigenvalue weighted by Crippen LogP contribution is -2.56. The molecule has 0 amide bonds. The monoisotopic (exact) mass is 748 g/mol. The molecular formula is C56H37BN2. The quantitative estimate of drug-likeness (QED) is 0.129. The fourth-order valence-corrected chi connectivity index (χ4v) is 10.9. The van der Waals surface area contributed by atoms with Gasteiger partial charge in [0.2, 0.25) is 0 Å². The number of aromatic nitrogens is 1. The third kappa shape index (κ3) is 4.48. The Balaban J connectivity index is 1.23. The molecule has 0 unspecified atom stereocenters. The van der Waals surface area contributed by atoms with Gasteiger partial charge in [-0.2, -0.15) is 0 Å². The molecule has 2 aliphatic heterocycles. The second-order valence-corrected chi connectivity index (χ2v) is 16.5. The van der Waals surface area contributed by atoms with E-state index in [-0.39, 0.29) is 6.85 Å². The maximum absolute atomic E-state index is 2.68. The zero-order chi connectivity index (χ0) is 38.9. The number of nitrogens with zero attached hydrogens (tertiary/aromatic N) is 2. The molecule has 0 radical (unpaired) electrons. The molecule has 0 saturated carbocycles. The Labute approximate surface area is 343 Å². The molecule has 0 N–H and O–H groups in total. The second kappa shape index (κ2) is 12.1. The highest BCUT2D eigenvalue weighted by Gasteiger charge is 2.44. The summed E-state index contributed by atoms with van der Waals surface area (Å²) in [6.07, 6.45) is 0. The number of anilines is 3. The van der Waals surface area contributed by atoms with Gasteiger partial charge in [-0.15, -0.1) is 0 Å². The lowest BCUT2D eigenvalue weighted by atomic mass is 9.44. The smallest absolute Gasteiger partial charge is 0.333 e. The summed E-state index contributed by atoms with van der Waals surface area (Å²) in [6.45, 7) is 4.58. The summed E-state index contributed by atoms with van der Waals surface area (Å²) in [6, 6.07) is 70.4. The van der Waals surface area contributed by atoms with Crippen molar-refractivity contribution < 1.29 is 0 Å². The number of hydrogen-bond donors (Lipinski definition) is 0. The average molecular weight is 749 g/mol. The molecule has 0 spiro atoms. The van der Waals surface area contributed by atoms with Gasteiger partial charge in [0.05, 0.1) is 0 Å². The molecule has 0 fully saturated rings. The Hall–Kier alpha value is -7.36. The van der Waals surface area contributed by atoms with Gasteiger partial charge in [0.1, 0.15) is 0 Å². The van der Waals surface area contributed by atoms with Crippen LogP contribution in [0.3, 0.4) is 0 Å².